The number of hydrogen-bond acceptors (Lipinski definition) is 6. The maximum absolute atomic E-state index is 9.14. The summed E-state index contributed by atoms with van der Waals surface area (Å²) in [5.74, 6) is 1.76. The lowest BCUT2D eigenvalue weighted by molar-refractivity contribution is 0.119. The number of aliphatic hydroxyl groups is 1. The SMILES string of the molecule is OCC1CCN(Cc2nc(-c3cc(Br)cs3)no2)CC1. The second kappa shape index (κ2) is 6.34. The Labute approximate surface area is 129 Å². The highest BCUT2D eigenvalue weighted by molar-refractivity contribution is 9.10. The van der Waals surface area contributed by atoms with Crippen molar-refractivity contribution >= 4 is 27.3 Å². The first-order valence-electron chi connectivity index (χ1n) is 6.65. The number of likely N-dealkylation sites (tertiary alicyclic amines) is 1. The molecule has 0 aliphatic carbocycles. The molecule has 2 aromatic heterocycles. The second-order valence-corrected chi connectivity index (χ2v) is 6.87. The van der Waals surface area contributed by atoms with Crippen molar-refractivity contribution in [2.45, 2.75) is 19.4 Å². The fourth-order valence-electron chi connectivity index (χ4n) is 2.37. The van der Waals surface area contributed by atoms with Gasteiger partial charge in [0.15, 0.2) is 0 Å². The molecule has 1 fully saturated rings. The van der Waals surface area contributed by atoms with Crippen molar-refractivity contribution in [3.05, 3.63) is 21.8 Å². The fraction of sp³-hybridized carbons (Fsp3) is 0.538. The van der Waals surface area contributed by atoms with Crippen LogP contribution in [0.4, 0.5) is 0 Å². The normalized spacial score (nSPS) is 17.7. The number of nitrogens with zero attached hydrogens (tertiary/aromatic N) is 3. The third kappa shape index (κ3) is 3.28. The maximum Gasteiger partial charge on any atom is 0.241 e. The Morgan fingerprint density at radius 2 is 2.25 bits per heavy atom. The summed E-state index contributed by atoms with van der Waals surface area (Å²) in [7, 11) is 0. The van der Waals surface area contributed by atoms with E-state index in [9.17, 15) is 0 Å². The molecule has 0 bridgehead atoms. The minimum absolute atomic E-state index is 0.297. The highest BCUT2D eigenvalue weighted by Gasteiger charge is 2.20. The Bertz CT molecular complexity index is 563. The molecule has 108 valence electrons. The van der Waals surface area contributed by atoms with Crippen LogP contribution in [0.25, 0.3) is 10.7 Å². The molecule has 0 amide bonds. The third-order valence-corrected chi connectivity index (χ3v) is 5.27. The van der Waals surface area contributed by atoms with Crippen LogP contribution in [0.5, 0.6) is 0 Å². The third-order valence-electron chi connectivity index (χ3n) is 3.58. The van der Waals surface area contributed by atoms with E-state index in [1.165, 1.54) is 0 Å². The lowest BCUT2D eigenvalue weighted by Crippen LogP contribution is -2.34. The van der Waals surface area contributed by atoms with Crippen LogP contribution in [0.1, 0.15) is 18.7 Å². The fourth-order valence-corrected chi connectivity index (χ4v) is 3.72. The first-order chi connectivity index (χ1) is 9.74. The predicted molar refractivity (Wildman–Crippen MR) is 80.4 cm³/mol. The van der Waals surface area contributed by atoms with E-state index in [2.05, 4.69) is 31.0 Å². The van der Waals surface area contributed by atoms with Gasteiger partial charge >= 0.3 is 0 Å². The predicted octanol–water partition coefficient (Wildman–Crippen LogP) is 2.76. The summed E-state index contributed by atoms with van der Waals surface area (Å²) in [5, 5.41) is 15.2. The Balaban J connectivity index is 1.60. The first kappa shape index (κ1) is 14.2. The topological polar surface area (TPSA) is 62.4 Å². The molecule has 5 nitrogen and oxygen atoms in total. The zero-order valence-electron chi connectivity index (χ0n) is 11.0. The number of halogens is 1. The molecule has 0 radical (unpaired) electrons. The van der Waals surface area contributed by atoms with Crippen LogP contribution >= 0.6 is 27.3 Å². The summed E-state index contributed by atoms with van der Waals surface area (Å²) in [6, 6.07) is 1.99. The molecule has 1 aliphatic heterocycles. The number of piperidine rings is 1. The van der Waals surface area contributed by atoms with Gasteiger partial charge in [-0.25, -0.2) is 0 Å². The summed E-state index contributed by atoms with van der Waals surface area (Å²) in [6.45, 7) is 2.95. The molecule has 1 saturated heterocycles. The average Bonchev–Trinajstić information content (AvgIpc) is 3.09. The van der Waals surface area contributed by atoms with Gasteiger partial charge in [-0.3, -0.25) is 4.90 Å². The smallest absolute Gasteiger partial charge is 0.241 e. The maximum atomic E-state index is 9.14. The van der Waals surface area contributed by atoms with Gasteiger partial charge in [-0.2, -0.15) is 4.98 Å². The molecule has 1 aliphatic rings. The second-order valence-electron chi connectivity index (χ2n) is 5.04. The Morgan fingerprint density at radius 3 is 2.90 bits per heavy atom. The minimum Gasteiger partial charge on any atom is -0.396 e. The molecular formula is C13H16BrN3O2S. The average molecular weight is 358 g/mol. The minimum atomic E-state index is 0.297. The van der Waals surface area contributed by atoms with Crippen LogP contribution in [0.15, 0.2) is 20.4 Å². The van der Waals surface area contributed by atoms with E-state index in [0.29, 0.717) is 30.8 Å². The molecule has 0 atom stereocenters. The van der Waals surface area contributed by atoms with Crippen LogP contribution in [-0.4, -0.2) is 39.8 Å². The van der Waals surface area contributed by atoms with Crippen molar-refractivity contribution in [3.8, 4) is 10.7 Å². The molecule has 2 aromatic rings. The Morgan fingerprint density at radius 1 is 1.45 bits per heavy atom. The van der Waals surface area contributed by atoms with Crippen molar-refractivity contribution in [1.29, 1.82) is 0 Å². The monoisotopic (exact) mass is 357 g/mol. The van der Waals surface area contributed by atoms with Crippen LogP contribution in [0.3, 0.4) is 0 Å². The van der Waals surface area contributed by atoms with E-state index in [0.717, 1.165) is 35.3 Å². The summed E-state index contributed by atoms with van der Waals surface area (Å²) in [4.78, 5) is 7.75. The van der Waals surface area contributed by atoms with Crippen molar-refractivity contribution < 1.29 is 9.63 Å². The van der Waals surface area contributed by atoms with Crippen molar-refractivity contribution in [3.63, 3.8) is 0 Å². The standard InChI is InChI=1S/C13H16BrN3O2S/c14-10-5-11(20-8-10)13-15-12(19-16-13)6-17-3-1-9(7-18)2-4-17/h5,8-9,18H,1-4,6-7H2. The summed E-state index contributed by atoms with van der Waals surface area (Å²) < 4.78 is 6.36. The van der Waals surface area contributed by atoms with E-state index in [-0.39, 0.29) is 0 Å². The molecule has 0 saturated carbocycles. The van der Waals surface area contributed by atoms with Crippen molar-refractivity contribution in [1.82, 2.24) is 15.0 Å². The zero-order valence-corrected chi connectivity index (χ0v) is 13.4. The lowest BCUT2D eigenvalue weighted by atomic mass is 9.98. The van der Waals surface area contributed by atoms with E-state index in [1.54, 1.807) is 11.3 Å². The molecule has 1 N–H and O–H groups in total. The zero-order chi connectivity index (χ0) is 13.9. The van der Waals surface area contributed by atoms with Gasteiger partial charge in [0, 0.05) is 16.5 Å². The number of thiophene rings is 1. The molecule has 20 heavy (non-hydrogen) atoms. The van der Waals surface area contributed by atoms with Crippen molar-refractivity contribution in [2.24, 2.45) is 5.92 Å². The summed E-state index contributed by atoms with van der Waals surface area (Å²) in [5.41, 5.74) is 0. The molecule has 3 rings (SSSR count). The van der Waals surface area contributed by atoms with Gasteiger partial charge in [0.05, 0.1) is 11.4 Å². The number of aromatic nitrogens is 2. The quantitative estimate of drug-likeness (QED) is 0.911. The summed E-state index contributed by atoms with van der Waals surface area (Å²) >= 11 is 5.02. The van der Waals surface area contributed by atoms with Gasteiger partial charge < -0.3 is 9.63 Å². The van der Waals surface area contributed by atoms with Crippen LogP contribution < -0.4 is 0 Å². The van der Waals surface area contributed by atoms with Gasteiger partial charge in [-0.1, -0.05) is 5.16 Å². The molecule has 7 heteroatoms. The van der Waals surface area contributed by atoms with Gasteiger partial charge in [0.25, 0.3) is 0 Å². The van der Waals surface area contributed by atoms with Gasteiger partial charge in [-0.15, -0.1) is 11.3 Å². The number of hydrogen-bond donors (Lipinski definition) is 1. The number of aliphatic hydroxyl groups excluding tert-OH is 1. The van der Waals surface area contributed by atoms with Crippen molar-refractivity contribution in [2.75, 3.05) is 19.7 Å². The van der Waals surface area contributed by atoms with Crippen LogP contribution in [0, 0.1) is 5.92 Å². The molecule has 0 aromatic carbocycles. The van der Waals surface area contributed by atoms with Crippen LogP contribution in [0.2, 0.25) is 0 Å². The molecule has 0 unspecified atom stereocenters. The molecule has 3 heterocycles. The van der Waals surface area contributed by atoms with Gasteiger partial charge in [-0.05, 0) is 53.8 Å². The largest absolute Gasteiger partial charge is 0.396 e. The lowest BCUT2D eigenvalue weighted by Gasteiger charge is -2.29. The van der Waals surface area contributed by atoms with E-state index in [4.69, 9.17) is 9.63 Å². The number of rotatable bonds is 4. The molecular weight excluding hydrogens is 342 g/mol. The highest BCUT2D eigenvalue weighted by atomic mass is 79.9. The molecule has 0 spiro atoms. The van der Waals surface area contributed by atoms with Crippen LogP contribution in [-0.2, 0) is 6.54 Å². The highest BCUT2D eigenvalue weighted by Crippen LogP contribution is 2.28. The van der Waals surface area contributed by atoms with Gasteiger partial charge in [0.2, 0.25) is 11.7 Å². The Hall–Kier alpha value is -0.760. The van der Waals surface area contributed by atoms with E-state index >= 15 is 0 Å². The first-order valence-corrected chi connectivity index (χ1v) is 8.32. The summed E-state index contributed by atoms with van der Waals surface area (Å²) in [6.07, 6.45) is 2.07. The van der Waals surface area contributed by atoms with E-state index in [1.807, 2.05) is 11.4 Å². The Kier molecular flexibility index (Phi) is 4.50. The van der Waals surface area contributed by atoms with E-state index < -0.39 is 0 Å². The van der Waals surface area contributed by atoms with Gasteiger partial charge in [0.1, 0.15) is 0 Å².